The monoisotopic (exact) mass is 552 g/mol. The maximum absolute atomic E-state index is 13.6. The van der Waals surface area contributed by atoms with Crippen LogP contribution in [-0.2, 0) is 12.4 Å². The zero-order valence-corrected chi connectivity index (χ0v) is 22.2. The van der Waals surface area contributed by atoms with E-state index in [1.165, 1.54) is 0 Å². The Bertz CT molecular complexity index is 1610. The van der Waals surface area contributed by atoms with Gasteiger partial charge in [0.25, 0.3) is 0 Å². The molecule has 40 heavy (non-hydrogen) atoms. The Kier molecular flexibility index (Phi) is 6.84. The normalized spacial score (nSPS) is 15.8. The van der Waals surface area contributed by atoms with Crippen LogP contribution < -0.4 is 0 Å². The number of alkyl halides is 6. The first-order valence-electron chi connectivity index (χ1n) is 12.9. The second kappa shape index (κ2) is 9.91. The zero-order valence-electron chi connectivity index (χ0n) is 22.2. The molecule has 2 nitrogen and oxygen atoms in total. The first-order chi connectivity index (χ1) is 18.8. The number of halogens is 6. The Morgan fingerprint density at radius 2 is 1.02 bits per heavy atom. The molecule has 0 unspecified atom stereocenters. The minimum absolute atomic E-state index is 0.108. The first kappa shape index (κ1) is 27.6. The van der Waals surface area contributed by atoms with Crippen LogP contribution in [-0.4, -0.2) is 11.4 Å². The van der Waals surface area contributed by atoms with Crippen molar-refractivity contribution < 1.29 is 26.3 Å². The van der Waals surface area contributed by atoms with E-state index in [0.717, 1.165) is 33.2 Å². The fraction of sp³-hybridized carbons (Fsp3) is 0.250. The lowest BCUT2D eigenvalue weighted by Crippen LogP contribution is -2.12. The lowest BCUT2D eigenvalue weighted by molar-refractivity contribution is -0.143. The summed E-state index contributed by atoms with van der Waals surface area (Å²) in [4.78, 5) is 9.56. The van der Waals surface area contributed by atoms with Gasteiger partial charge in [-0.2, -0.15) is 26.3 Å². The van der Waals surface area contributed by atoms with Crippen molar-refractivity contribution in [3.63, 3.8) is 0 Å². The van der Waals surface area contributed by atoms with Crippen LogP contribution in [0.2, 0.25) is 0 Å². The molecule has 0 heterocycles. The quantitative estimate of drug-likeness (QED) is 0.225. The summed E-state index contributed by atoms with van der Waals surface area (Å²) >= 11 is 0. The van der Waals surface area contributed by atoms with Gasteiger partial charge in [0.05, 0.1) is 33.9 Å². The highest BCUT2D eigenvalue weighted by molar-refractivity contribution is 6.61. The number of rotatable bonds is 4. The van der Waals surface area contributed by atoms with Gasteiger partial charge in [-0.05, 0) is 46.5 Å². The molecule has 5 rings (SSSR count). The molecular formula is C32H26F6N2. The molecule has 1 aliphatic carbocycles. The van der Waals surface area contributed by atoms with Crippen LogP contribution in [0.5, 0.6) is 0 Å². The van der Waals surface area contributed by atoms with E-state index in [0.29, 0.717) is 23.4 Å². The van der Waals surface area contributed by atoms with Crippen molar-refractivity contribution in [3.05, 3.63) is 106 Å². The van der Waals surface area contributed by atoms with Crippen LogP contribution in [0.25, 0.3) is 10.8 Å². The van der Waals surface area contributed by atoms with E-state index in [2.05, 4.69) is 4.99 Å². The second-order valence-corrected chi connectivity index (χ2v) is 10.5. The third-order valence-corrected chi connectivity index (χ3v) is 7.02. The third-order valence-electron chi connectivity index (χ3n) is 7.02. The van der Waals surface area contributed by atoms with Crippen molar-refractivity contribution in [2.24, 2.45) is 9.98 Å². The van der Waals surface area contributed by atoms with Crippen LogP contribution >= 0.6 is 0 Å². The Morgan fingerprint density at radius 1 is 0.575 bits per heavy atom. The minimum atomic E-state index is -4.98. The summed E-state index contributed by atoms with van der Waals surface area (Å²) in [6, 6.07) is 18.4. The van der Waals surface area contributed by atoms with Gasteiger partial charge in [0.2, 0.25) is 0 Å². The highest BCUT2D eigenvalue weighted by Gasteiger charge is 2.37. The number of aliphatic imine (C=N–C) groups is 2. The molecule has 0 radical (unpaired) electrons. The summed E-state index contributed by atoms with van der Waals surface area (Å²) in [5, 5.41) is 1.67. The molecule has 1 aliphatic rings. The van der Waals surface area contributed by atoms with Crippen molar-refractivity contribution in [1.82, 2.24) is 0 Å². The Balaban J connectivity index is 1.84. The topological polar surface area (TPSA) is 24.7 Å². The maximum atomic E-state index is 13.6. The van der Waals surface area contributed by atoms with E-state index in [9.17, 15) is 26.3 Å². The van der Waals surface area contributed by atoms with Crippen molar-refractivity contribution in [3.8, 4) is 0 Å². The summed E-state index contributed by atoms with van der Waals surface area (Å²) in [5.41, 5.74) is 1.40. The average molecular weight is 553 g/mol. The molecule has 4 aromatic rings. The van der Waals surface area contributed by atoms with Crippen LogP contribution in [0.3, 0.4) is 0 Å². The van der Waals surface area contributed by atoms with E-state index >= 15 is 0 Å². The summed E-state index contributed by atoms with van der Waals surface area (Å²) < 4.78 is 81.7. The predicted molar refractivity (Wildman–Crippen MR) is 147 cm³/mol. The van der Waals surface area contributed by atoms with E-state index in [-0.39, 0.29) is 23.6 Å². The van der Waals surface area contributed by atoms with Gasteiger partial charge in [-0.3, -0.25) is 0 Å². The molecule has 0 N–H and O–H groups in total. The lowest BCUT2D eigenvalue weighted by Gasteiger charge is -2.17. The molecule has 0 fully saturated rings. The average Bonchev–Trinajstić information content (AvgIpc) is 3.16. The molecule has 0 aliphatic heterocycles. The summed E-state index contributed by atoms with van der Waals surface area (Å²) in [5.74, 6) is 0.242. The number of nitrogens with zero attached hydrogens (tertiary/aromatic N) is 2. The first-order valence-corrected chi connectivity index (χ1v) is 12.9. The largest absolute Gasteiger partial charge is 0.416 e. The summed E-state index contributed by atoms with van der Waals surface area (Å²) in [6.45, 7) is 8.18. The molecule has 0 spiro atoms. The van der Waals surface area contributed by atoms with Gasteiger partial charge in [0, 0.05) is 16.5 Å². The molecule has 0 aromatic heterocycles. The summed E-state index contributed by atoms with van der Waals surface area (Å²) in [6.07, 6.45) is -9.96. The number of hydrogen-bond acceptors (Lipinski definition) is 2. The summed E-state index contributed by atoms with van der Waals surface area (Å²) in [7, 11) is 0. The number of benzene rings is 4. The minimum Gasteiger partial charge on any atom is -0.246 e. The van der Waals surface area contributed by atoms with Crippen LogP contribution in [0.15, 0.2) is 82.8 Å². The molecule has 4 aromatic carbocycles. The van der Waals surface area contributed by atoms with Crippen LogP contribution in [0, 0.1) is 0 Å². The van der Waals surface area contributed by atoms with Gasteiger partial charge in [-0.1, -0.05) is 82.3 Å². The van der Waals surface area contributed by atoms with Crippen molar-refractivity contribution in [1.29, 1.82) is 0 Å². The Hall–Kier alpha value is -3.94. The van der Waals surface area contributed by atoms with Crippen molar-refractivity contribution in [2.45, 2.75) is 51.9 Å². The van der Waals surface area contributed by atoms with Gasteiger partial charge in [-0.25, -0.2) is 9.98 Å². The van der Waals surface area contributed by atoms with Gasteiger partial charge in [0.15, 0.2) is 0 Å². The van der Waals surface area contributed by atoms with Gasteiger partial charge >= 0.3 is 12.4 Å². The Morgan fingerprint density at radius 3 is 1.48 bits per heavy atom. The number of hydrogen-bond donors (Lipinski definition) is 0. The SMILES string of the molecule is CC(C)c1cccc(C(C)C)c1/N=C1/C(=N/c2cc(C(F)(F)F)cc(C(F)(F)F)c2)c2cccc3cccc1c23. The van der Waals surface area contributed by atoms with E-state index in [1.54, 1.807) is 12.1 Å². The lowest BCUT2D eigenvalue weighted by atomic mass is 9.92. The van der Waals surface area contributed by atoms with Gasteiger partial charge in [-0.15, -0.1) is 0 Å². The fourth-order valence-corrected chi connectivity index (χ4v) is 5.10. The molecule has 0 atom stereocenters. The maximum Gasteiger partial charge on any atom is 0.416 e. The molecule has 0 saturated heterocycles. The van der Waals surface area contributed by atoms with Gasteiger partial charge in [0.1, 0.15) is 0 Å². The molecule has 0 amide bonds. The Labute approximate surface area is 228 Å². The predicted octanol–water partition coefficient (Wildman–Crippen LogP) is 10.4. The van der Waals surface area contributed by atoms with Crippen LogP contribution in [0.4, 0.5) is 37.7 Å². The third kappa shape index (κ3) is 5.03. The van der Waals surface area contributed by atoms with Crippen molar-refractivity contribution >= 4 is 33.6 Å². The van der Waals surface area contributed by atoms with E-state index in [4.69, 9.17) is 4.99 Å². The van der Waals surface area contributed by atoms with Gasteiger partial charge < -0.3 is 0 Å². The molecule has 8 heteroatoms. The standard InChI is InChI=1S/C32H26F6N2/c1-17(2)23-10-7-11-24(18(3)4)28(23)40-30-26-13-6-9-19-8-5-12-25(27(19)26)29(30)39-22-15-20(31(33,34)35)14-21(16-22)32(36,37)38/h5-18H,1-4H3/b39-29+,40-30+. The molecular weight excluding hydrogens is 526 g/mol. The molecule has 0 saturated carbocycles. The van der Waals surface area contributed by atoms with Crippen LogP contribution in [0.1, 0.15) is 72.9 Å². The zero-order chi connectivity index (χ0) is 29.0. The van der Waals surface area contributed by atoms with E-state index in [1.807, 2.05) is 70.2 Å². The van der Waals surface area contributed by atoms with E-state index < -0.39 is 29.2 Å². The highest BCUT2D eigenvalue weighted by atomic mass is 19.4. The number of para-hydroxylation sites is 1. The smallest absolute Gasteiger partial charge is 0.246 e. The highest BCUT2D eigenvalue weighted by Crippen LogP contribution is 2.41. The van der Waals surface area contributed by atoms with Crippen molar-refractivity contribution in [2.75, 3.05) is 0 Å². The second-order valence-electron chi connectivity index (χ2n) is 10.5. The molecule has 206 valence electrons. The molecule has 0 bridgehead atoms. The fourth-order valence-electron chi connectivity index (χ4n) is 5.10.